The van der Waals surface area contributed by atoms with Gasteiger partial charge in [0.25, 0.3) is 0 Å². The fraction of sp³-hybridized carbons (Fsp3) is 0.200. The molecule has 0 radical (unpaired) electrons. The van der Waals surface area contributed by atoms with Gasteiger partial charge in [0.15, 0.2) is 0 Å². The summed E-state index contributed by atoms with van der Waals surface area (Å²) in [5.41, 5.74) is 5.13. The van der Waals surface area contributed by atoms with E-state index in [0.717, 1.165) is 0 Å². The molecule has 0 spiro atoms. The van der Waals surface area contributed by atoms with Gasteiger partial charge < -0.3 is 0 Å². The second-order valence-electron chi connectivity index (χ2n) is 7.82. The first-order chi connectivity index (χ1) is 19.9. The molecule has 208 valence electrons. The van der Waals surface area contributed by atoms with E-state index in [4.69, 9.17) is 0 Å². The molecule has 0 saturated carbocycles. The third kappa shape index (κ3) is 9.86. The van der Waals surface area contributed by atoms with Gasteiger partial charge >= 0.3 is 0 Å². The van der Waals surface area contributed by atoms with Crippen molar-refractivity contribution in [3.8, 4) is 22.3 Å². The highest BCUT2D eigenvalue weighted by Crippen LogP contribution is 2.28. The summed E-state index contributed by atoms with van der Waals surface area (Å²) >= 11 is 0. The van der Waals surface area contributed by atoms with Crippen LogP contribution in [-0.4, -0.2) is 0 Å². The summed E-state index contributed by atoms with van der Waals surface area (Å²) < 4.78 is 0. The zero-order valence-corrected chi connectivity index (χ0v) is 25.9. The van der Waals surface area contributed by atoms with Crippen LogP contribution >= 0.6 is 0 Å². The van der Waals surface area contributed by atoms with Crippen molar-refractivity contribution in [3.05, 3.63) is 146 Å². The van der Waals surface area contributed by atoms with Crippen LogP contribution < -0.4 is 0 Å². The lowest BCUT2D eigenvalue weighted by Crippen LogP contribution is -1.79. The minimum absolute atomic E-state index is 1.27. The van der Waals surface area contributed by atoms with Crippen LogP contribution in [0.1, 0.15) is 55.4 Å². The Morgan fingerprint density at radius 2 is 0.725 bits per heavy atom. The van der Waals surface area contributed by atoms with Crippen LogP contribution in [0, 0.1) is 0 Å². The van der Waals surface area contributed by atoms with E-state index in [1.807, 2.05) is 61.5 Å². The SMILES string of the molecule is CC.CC.CC.CC.c1ccc(-c2ccc3ccccc3c2)cc1.c1ccc(-c2cccc3ccccc23)cc1. The van der Waals surface area contributed by atoms with Crippen molar-refractivity contribution in [2.24, 2.45) is 0 Å². The summed E-state index contributed by atoms with van der Waals surface area (Å²) in [6.07, 6.45) is 0. The van der Waals surface area contributed by atoms with Crippen molar-refractivity contribution in [2.75, 3.05) is 0 Å². The molecular weight excluding hydrogens is 480 g/mol. The molecule has 0 unspecified atom stereocenters. The average Bonchev–Trinajstić information content (AvgIpc) is 3.09. The van der Waals surface area contributed by atoms with Crippen molar-refractivity contribution in [1.29, 1.82) is 0 Å². The van der Waals surface area contributed by atoms with Crippen molar-refractivity contribution < 1.29 is 0 Å². The summed E-state index contributed by atoms with van der Waals surface area (Å²) in [7, 11) is 0. The van der Waals surface area contributed by atoms with Gasteiger partial charge in [0.1, 0.15) is 0 Å². The Bertz CT molecular complexity index is 1440. The molecule has 6 aromatic carbocycles. The van der Waals surface area contributed by atoms with Crippen molar-refractivity contribution in [3.63, 3.8) is 0 Å². The van der Waals surface area contributed by atoms with Gasteiger partial charge in [-0.25, -0.2) is 0 Å². The van der Waals surface area contributed by atoms with Gasteiger partial charge in [-0.2, -0.15) is 0 Å². The van der Waals surface area contributed by atoms with Crippen molar-refractivity contribution in [2.45, 2.75) is 55.4 Å². The van der Waals surface area contributed by atoms with Gasteiger partial charge in [0, 0.05) is 0 Å². The van der Waals surface area contributed by atoms with Gasteiger partial charge in [0.05, 0.1) is 0 Å². The Kier molecular flexibility index (Phi) is 17.6. The number of rotatable bonds is 2. The lowest BCUT2D eigenvalue weighted by atomic mass is 9.98. The molecular formula is C40H48. The maximum Gasteiger partial charge on any atom is -0.0105 e. The Hall–Kier alpha value is -4.16. The molecule has 0 atom stereocenters. The van der Waals surface area contributed by atoms with Crippen molar-refractivity contribution >= 4 is 21.5 Å². The van der Waals surface area contributed by atoms with Crippen LogP contribution in [0.2, 0.25) is 0 Å². The first kappa shape index (κ1) is 33.9. The van der Waals surface area contributed by atoms with Gasteiger partial charge in [0.2, 0.25) is 0 Å². The molecule has 0 aliphatic rings. The fourth-order valence-corrected chi connectivity index (χ4v) is 4.09. The number of fused-ring (bicyclic) bond motifs is 2. The Balaban J connectivity index is 0.000000321. The van der Waals surface area contributed by atoms with E-state index >= 15 is 0 Å². The van der Waals surface area contributed by atoms with Crippen LogP contribution in [0.3, 0.4) is 0 Å². The molecule has 40 heavy (non-hydrogen) atoms. The highest BCUT2D eigenvalue weighted by atomic mass is 14.1. The molecule has 0 amide bonds. The van der Waals surface area contributed by atoms with Crippen LogP contribution in [0.5, 0.6) is 0 Å². The van der Waals surface area contributed by atoms with Crippen LogP contribution in [0.4, 0.5) is 0 Å². The molecule has 0 aliphatic heterocycles. The number of benzene rings is 6. The summed E-state index contributed by atoms with van der Waals surface area (Å²) in [6.45, 7) is 16.0. The Morgan fingerprint density at radius 3 is 1.32 bits per heavy atom. The molecule has 0 heterocycles. The quantitative estimate of drug-likeness (QED) is 0.210. The highest BCUT2D eigenvalue weighted by molar-refractivity contribution is 5.96. The van der Waals surface area contributed by atoms with Crippen molar-refractivity contribution in [1.82, 2.24) is 0 Å². The minimum Gasteiger partial charge on any atom is -0.0683 e. The molecule has 0 nitrogen and oxygen atoms in total. The van der Waals surface area contributed by atoms with E-state index in [2.05, 4.69) is 140 Å². The molecule has 0 aliphatic carbocycles. The summed E-state index contributed by atoms with van der Waals surface area (Å²) in [5, 5.41) is 5.20. The summed E-state index contributed by atoms with van der Waals surface area (Å²) in [6, 6.07) is 51.0. The standard InChI is InChI=1S/2C16H12.4C2H6/c1-2-7-13(8-3-1)16-12-6-10-14-9-4-5-11-15(14)16;1-2-6-13(7-3-1)16-11-10-14-8-4-5-9-15(14)12-16;4*1-2/h2*1-12H;4*1-2H3. The van der Waals surface area contributed by atoms with Gasteiger partial charge in [-0.1, -0.05) is 195 Å². The molecule has 0 bridgehead atoms. The number of hydrogen-bond donors (Lipinski definition) is 0. The maximum atomic E-state index is 2.24. The third-order valence-electron chi connectivity index (χ3n) is 5.73. The largest absolute Gasteiger partial charge is 0.0683 e. The lowest BCUT2D eigenvalue weighted by Gasteiger charge is -2.06. The molecule has 0 saturated heterocycles. The second-order valence-corrected chi connectivity index (χ2v) is 7.82. The third-order valence-corrected chi connectivity index (χ3v) is 5.73. The molecule has 0 heteroatoms. The van der Waals surface area contributed by atoms with Crippen LogP contribution in [0.25, 0.3) is 43.8 Å². The first-order valence-corrected chi connectivity index (χ1v) is 15.0. The Morgan fingerprint density at radius 1 is 0.275 bits per heavy atom. The lowest BCUT2D eigenvalue weighted by molar-refractivity contribution is 1.50. The van der Waals surface area contributed by atoms with E-state index in [1.54, 1.807) is 0 Å². The highest BCUT2D eigenvalue weighted by Gasteiger charge is 2.01. The summed E-state index contributed by atoms with van der Waals surface area (Å²) in [4.78, 5) is 0. The molecule has 0 fully saturated rings. The van der Waals surface area contributed by atoms with Crippen LogP contribution in [-0.2, 0) is 0 Å². The maximum absolute atomic E-state index is 2.24. The smallest absolute Gasteiger partial charge is 0.0105 e. The van der Waals surface area contributed by atoms with E-state index in [-0.39, 0.29) is 0 Å². The minimum atomic E-state index is 1.27. The van der Waals surface area contributed by atoms with Gasteiger partial charge in [-0.3, -0.25) is 0 Å². The monoisotopic (exact) mass is 528 g/mol. The normalized spacial score (nSPS) is 9.00. The molecule has 0 aromatic heterocycles. The van der Waals surface area contributed by atoms with Gasteiger partial charge in [-0.15, -0.1) is 0 Å². The Labute approximate surface area is 244 Å². The average molecular weight is 529 g/mol. The topological polar surface area (TPSA) is 0 Å². The van der Waals surface area contributed by atoms with E-state index in [0.29, 0.717) is 0 Å². The molecule has 0 N–H and O–H groups in total. The fourth-order valence-electron chi connectivity index (χ4n) is 4.09. The molecule has 6 aromatic rings. The summed E-state index contributed by atoms with van der Waals surface area (Å²) in [5.74, 6) is 0. The van der Waals surface area contributed by atoms with E-state index < -0.39 is 0 Å². The predicted molar refractivity (Wildman–Crippen MR) is 184 cm³/mol. The zero-order chi connectivity index (χ0) is 29.6. The zero-order valence-electron chi connectivity index (χ0n) is 25.9. The van der Waals surface area contributed by atoms with Gasteiger partial charge in [-0.05, 0) is 49.9 Å². The van der Waals surface area contributed by atoms with Crippen LogP contribution in [0.15, 0.2) is 146 Å². The predicted octanol–water partition coefficient (Wildman–Crippen LogP) is 13.1. The van der Waals surface area contributed by atoms with E-state index in [1.165, 1.54) is 43.8 Å². The molecule has 6 rings (SSSR count). The number of hydrogen-bond acceptors (Lipinski definition) is 0. The van der Waals surface area contributed by atoms with E-state index in [9.17, 15) is 0 Å². The first-order valence-electron chi connectivity index (χ1n) is 15.0. The second kappa shape index (κ2) is 20.8.